The Hall–Kier alpha value is -2.54. The molecular weight excluding hydrogens is 244 g/mol. The second-order valence-corrected chi connectivity index (χ2v) is 4.61. The van der Waals surface area contributed by atoms with E-state index in [9.17, 15) is 0 Å². The van der Waals surface area contributed by atoms with Gasteiger partial charge in [0.25, 0.3) is 0 Å². The lowest BCUT2D eigenvalue weighted by atomic mass is 9.94. The van der Waals surface area contributed by atoms with E-state index in [0.717, 1.165) is 11.3 Å². The molecule has 1 nitrogen and oxygen atoms in total. The molecule has 0 bridgehead atoms. The normalized spacial score (nSPS) is 10.2. The summed E-state index contributed by atoms with van der Waals surface area (Å²) in [7, 11) is 1.72. The fourth-order valence-electron chi connectivity index (χ4n) is 2.46. The molecule has 0 aliphatic heterocycles. The van der Waals surface area contributed by atoms with Crippen LogP contribution < -0.4 is 4.74 Å². The third-order valence-electron chi connectivity index (χ3n) is 3.39. The minimum Gasteiger partial charge on any atom is -0.496 e. The monoisotopic (exact) mass is 260 g/mol. The van der Waals surface area contributed by atoms with Gasteiger partial charge in [-0.1, -0.05) is 72.8 Å². The predicted octanol–water partition coefficient (Wildman–Crippen LogP) is 5.03. The first-order valence-corrected chi connectivity index (χ1v) is 6.68. The Morgan fingerprint density at radius 3 is 1.80 bits per heavy atom. The van der Waals surface area contributed by atoms with Crippen LogP contribution in [0.15, 0.2) is 78.9 Å². The van der Waals surface area contributed by atoms with Crippen LogP contribution in [0.1, 0.15) is 0 Å². The van der Waals surface area contributed by atoms with Crippen LogP contribution in [0.3, 0.4) is 0 Å². The molecule has 98 valence electrons. The molecule has 0 aliphatic rings. The largest absolute Gasteiger partial charge is 0.496 e. The summed E-state index contributed by atoms with van der Waals surface area (Å²) in [5, 5.41) is 0. The summed E-state index contributed by atoms with van der Waals surface area (Å²) in [6.45, 7) is 0. The first-order valence-electron chi connectivity index (χ1n) is 6.68. The van der Waals surface area contributed by atoms with Crippen LogP contribution in [0.2, 0.25) is 0 Å². The van der Waals surface area contributed by atoms with Gasteiger partial charge in [0.2, 0.25) is 0 Å². The van der Waals surface area contributed by atoms with E-state index in [-0.39, 0.29) is 0 Å². The second-order valence-electron chi connectivity index (χ2n) is 4.61. The van der Waals surface area contributed by atoms with Crippen LogP contribution in [0.25, 0.3) is 22.3 Å². The molecule has 0 aromatic heterocycles. The van der Waals surface area contributed by atoms with Crippen molar-refractivity contribution in [1.29, 1.82) is 0 Å². The van der Waals surface area contributed by atoms with Gasteiger partial charge in [0.15, 0.2) is 0 Å². The summed E-state index contributed by atoms with van der Waals surface area (Å²) < 4.78 is 5.56. The van der Waals surface area contributed by atoms with E-state index in [0.29, 0.717) is 0 Å². The van der Waals surface area contributed by atoms with Crippen LogP contribution in [0.4, 0.5) is 0 Å². The lowest BCUT2D eigenvalue weighted by Crippen LogP contribution is -1.91. The summed E-state index contributed by atoms with van der Waals surface area (Å²) in [6, 6.07) is 27.0. The Morgan fingerprint density at radius 1 is 0.600 bits per heavy atom. The maximum Gasteiger partial charge on any atom is 0.127 e. The van der Waals surface area contributed by atoms with Gasteiger partial charge in [-0.25, -0.2) is 0 Å². The Labute approximate surface area is 119 Å². The van der Waals surface area contributed by atoms with Gasteiger partial charge in [-0.05, 0) is 22.8 Å². The summed E-state index contributed by atoms with van der Waals surface area (Å²) >= 11 is 0. The lowest BCUT2D eigenvalue weighted by molar-refractivity contribution is 0.416. The number of rotatable bonds is 3. The highest BCUT2D eigenvalue weighted by molar-refractivity contribution is 5.87. The van der Waals surface area contributed by atoms with Gasteiger partial charge in [0.05, 0.1) is 7.11 Å². The standard InChI is InChI=1S/C19H16O/c1-20-18-14-8-13-17(15-9-4-2-5-10-15)19(18)16-11-6-3-7-12-16/h2-14H,1H3. The molecule has 0 saturated carbocycles. The summed E-state index contributed by atoms with van der Waals surface area (Å²) in [4.78, 5) is 0. The van der Waals surface area contributed by atoms with Gasteiger partial charge in [0, 0.05) is 5.56 Å². The molecule has 20 heavy (non-hydrogen) atoms. The number of benzene rings is 3. The molecule has 0 N–H and O–H groups in total. The topological polar surface area (TPSA) is 9.23 Å². The molecule has 1 heteroatoms. The van der Waals surface area contributed by atoms with E-state index in [4.69, 9.17) is 4.74 Å². The van der Waals surface area contributed by atoms with Gasteiger partial charge in [0.1, 0.15) is 5.75 Å². The van der Waals surface area contributed by atoms with Crippen LogP contribution in [-0.2, 0) is 0 Å². The highest BCUT2D eigenvalue weighted by Gasteiger charge is 2.12. The maximum atomic E-state index is 5.56. The first-order chi connectivity index (χ1) is 9.90. The average molecular weight is 260 g/mol. The smallest absolute Gasteiger partial charge is 0.127 e. The highest BCUT2D eigenvalue weighted by Crippen LogP contribution is 2.38. The summed E-state index contributed by atoms with van der Waals surface area (Å²) in [5.74, 6) is 0.901. The van der Waals surface area contributed by atoms with Crippen LogP contribution in [0.5, 0.6) is 5.75 Å². The molecular formula is C19H16O. The SMILES string of the molecule is COc1cccc(-c2ccccc2)c1-c1ccccc1. The van der Waals surface area contributed by atoms with E-state index >= 15 is 0 Å². The van der Waals surface area contributed by atoms with Crippen molar-refractivity contribution in [3.05, 3.63) is 78.9 Å². The zero-order valence-electron chi connectivity index (χ0n) is 11.4. The molecule has 0 radical (unpaired) electrons. The molecule has 3 aromatic rings. The second kappa shape index (κ2) is 5.62. The molecule has 0 saturated heterocycles. The van der Waals surface area contributed by atoms with E-state index < -0.39 is 0 Å². The molecule has 0 unspecified atom stereocenters. The zero-order valence-corrected chi connectivity index (χ0v) is 11.4. The van der Waals surface area contributed by atoms with E-state index in [1.165, 1.54) is 16.7 Å². The van der Waals surface area contributed by atoms with Crippen molar-refractivity contribution in [1.82, 2.24) is 0 Å². The van der Waals surface area contributed by atoms with E-state index in [1.807, 2.05) is 24.3 Å². The Bertz CT molecular complexity index is 687. The van der Waals surface area contributed by atoms with Gasteiger partial charge in [-0.2, -0.15) is 0 Å². The predicted molar refractivity (Wildman–Crippen MR) is 83.9 cm³/mol. The fourth-order valence-corrected chi connectivity index (χ4v) is 2.46. The number of hydrogen-bond acceptors (Lipinski definition) is 1. The van der Waals surface area contributed by atoms with Crippen LogP contribution in [-0.4, -0.2) is 7.11 Å². The highest BCUT2D eigenvalue weighted by atomic mass is 16.5. The van der Waals surface area contributed by atoms with Gasteiger partial charge in [-0.15, -0.1) is 0 Å². The van der Waals surface area contributed by atoms with Crippen molar-refractivity contribution < 1.29 is 4.74 Å². The van der Waals surface area contributed by atoms with Crippen molar-refractivity contribution in [2.75, 3.05) is 7.11 Å². The molecule has 0 aliphatic carbocycles. The molecule has 0 fully saturated rings. The van der Waals surface area contributed by atoms with Crippen molar-refractivity contribution in [3.8, 4) is 28.0 Å². The Balaban J connectivity index is 2.26. The Kier molecular flexibility index (Phi) is 3.51. The van der Waals surface area contributed by atoms with Crippen LogP contribution in [0, 0.1) is 0 Å². The maximum absolute atomic E-state index is 5.56. The molecule has 0 amide bonds. The average Bonchev–Trinajstić information content (AvgIpc) is 2.55. The van der Waals surface area contributed by atoms with Crippen molar-refractivity contribution in [3.63, 3.8) is 0 Å². The Morgan fingerprint density at radius 2 is 1.20 bits per heavy atom. The molecule has 3 aromatic carbocycles. The van der Waals surface area contributed by atoms with Gasteiger partial charge < -0.3 is 4.74 Å². The third-order valence-corrected chi connectivity index (χ3v) is 3.39. The lowest BCUT2D eigenvalue weighted by Gasteiger charge is -2.14. The minimum absolute atomic E-state index is 0.901. The molecule has 3 rings (SSSR count). The van der Waals surface area contributed by atoms with Crippen molar-refractivity contribution in [2.24, 2.45) is 0 Å². The van der Waals surface area contributed by atoms with Crippen molar-refractivity contribution in [2.45, 2.75) is 0 Å². The zero-order chi connectivity index (χ0) is 13.8. The summed E-state index contributed by atoms with van der Waals surface area (Å²) in [6.07, 6.45) is 0. The first kappa shape index (κ1) is 12.5. The molecule has 0 spiro atoms. The van der Waals surface area contributed by atoms with E-state index in [1.54, 1.807) is 7.11 Å². The van der Waals surface area contributed by atoms with E-state index in [2.05, 4.69) is 54.6 Å². The quantitative estimate of drug-likeness (QED) is 0.641. The van der Waals surface area contributed by atoms with Crippen LogP contribution >= 0.6 is 0 Å². The number of methoxy groups -OCH3 is 1. The van der Waals surface area contributed by atoms with Crippen molar-refractivity contribution >= 4 is 0 Å². The van der Waals surface area contributed by atoms with Gasteiger partial charge >= 0.3 is 0 Å². The molecule has 0 heterocycles. The fraction of sp³-hybridized carbons (Fsp3) is 0.0526. The number of ether oxygens (including phenoxy) is 1. The third kappa shape index (κ3) is 2.30. The molecule has 0 atom stereocenters. The summed E-state index contributed by atoms with van der Waals surface area (Å²) in [5.41, 5.74) is 4.70. The number of hydrogen-bond donors (Lipinski definition) is 0. The van der Waals surface area contributed by atoms with Gasteiger partial charge in [-0.3, -0.25) is 0 Å². The minimum atomic E-state index is 0.901.